The van der Waals surface area contributed by atoms with E-state index in [9.17, 15) is 9.59 Å². The predicted molar refractivity (Wildman–Crippen MR) is 131 cm³/mol. The second kappa shape index (κ2) is 9.41. The number of hydrogen-bond acceptors (Lipinski definition) is 4. The van der Waals surface area contributed by atoms with Gasteiger partial charge in [0.2, 0.25) is 0 Å². The van der Waals surface area contributed by atoms with E-state index >= 15 is 0 Å². The molecule has 32 heavy (non-hydrogen) atoms. The predicted octanol–water partition coefficient (Wildman–Crippen LogP) is 5.48. The summed E-state index contributed by atoms with van der Waals surface area (Å²) in [5.74, 6) is 0.351. The van der Waals surface area contributed by atoms with Gasteiger partial charge in [0.1, 0.15) is 0 Å². The highest BCUT2D eigenvalue weighted by atomic mass is 16.1. The molecule has 0 bridgehead atoms. The van der Waals surface area contributed by atoms with Crippen molar-refractivity contribution in [1.29, 1.82) is 0 Å². The van der Waals surface area contributed by atoms with E-state index in [1.54, 1.807) is 6.92 Å². The summed E-state index contributed by atoms with van der Waals surface area (Å²) in [6.07, 6.45) is 9.70. The van der Waals surface area contributed by atoms with Gasteiger partial charge in [-0.1, -0.05) is 54.6 Å². The quantitative estimate of drug-likeness (QED) is 0.527. The zero-order chi connectivity index (χ0) is 22.7. The Morgan fingerprint density at radius 2 is 1.75 bits per heavy atom. The van der Waals surface area contributed by atoms with Gasteiger partial charge in [-0.25, -0.2) is 0 Å². The first kappa shape index (κ1) is 21.8. The smallest absolute Gasteiger partial charge is 0.162 e. The third kappa shape index (κ3) is 4.76. The largest absolute Gasteiger partial charge is 0.309 e. The molecule has 2 aromatic carbocycles. The number of benzene rings is 2. The van der Waals surface area contributed by atoms with Crippen molar-refractivity contribution < 1.29 is 9.59 Å². The molecule has 162 valence electrons. The van der Waals surface area contributed by atoms with Crippen molar-refractivity contribution in [2.45, 2.75) is 19.8 Å². The fraction of sp³-hybridized carbons (Fsp3) is 0.250. The lowest BCUT2D eigenvalue weighted by Crippen LogP contribution is -2.14. The van der Waals surface area contributed by atoms with E-state index in [-0.39, 0.29) is 17.5 Å². The number of carbonyl (C=O) groups is 2. The monoisotopic (exact) mass is 424 g/mol. The number of allylic oxidation sites excluding steroid dienone is 5. The number of aliphatic imine (C=N–C) groups is 1. The topological polar surface area (TPSA) is 49.7 Å². The first-order valence-corrected chi connectivity index (χ1v) is 11.0. The van der Waals surface area contributed by atoms with E-state index in [4.69, 9.17) is 0 Å². The van der Waals surface area contributed by atoms with Crippen molar-refractivity contribution >= 4 is 29.1 Å². The van der Waals surface area contributed by atoms with Crippen molar-refractivity contribution in [3.8, 4) is 0 Å². The van der Waals surface area contributed by atoms with E-state index in [0.717, 1.165) is 46.5 Å². The Labute approximate surface area is 189 Å². The molecule has 0 saturated heterocycles. The summed E-state index contributed by atoms with van der Waals surface area (Å²) in [6, 6.07) is 15.5. The molecule has 0 saturated carbocycles. The van der Waals surface area contributed by atoms with E-state index in [0.29, 0.717) is 6.42 Å². The summed E-state index contributed by atoms with van der Waals surface area (Å²) in [4.78, 5) is 31.0. The molecule has 1 aliphatic carbocycles. The summed E-state index contributed by atoms with van der Waals surface area (Å²) in [6.45, 7) is 2.50. The van der Waals surface area contributed by atoms with Crippen molar-refractivity contribution in [3.63, 3.8) is 0 Å². The Balaban J connectivity index is 1.51. The summed E-state index contributed by atoms with van der Waals surface area (Å²) in [5, 5.41) is 0. The second-order valence-corrected chi connectivity index (χ2v) is 8.62. The van der Waals surface area contributed by atoms with Crippen LogP contribution < -0.4 is 0 Å². The number of carbonyl (C=O) groups excluding carboxylic acids is 2. The average Bonchev–Trinajstić information content (AvgIpc) is 3.22. The lowest BCUT2D eigenvalue weighted by Gasteiger charge is -2.19. The van der Waals surface area contributed by atoms with Gasteiger partial charge in [0.15, 0.2) is 11.6 Å². The molecule has 0 N–H and O–H groups in total. The maximum Gasteiger partial charge on any atom is 0.162 e. The van der Waals surface area contributed by atoms with Crippen LogP contribution in [0.3, 0.4) is 0 Å². The Bertz CT molecular complexity index is 1160. The lowest BCUT2D eigenvalue weighted by molar-refractivity contribution is 0.0975. The number of fused-ring (bicyclic) bond motifs is 1. The summed E-state index contributed by atoms with van der Waals surface area (Å²) in [5.41, 5.74) is 6.72. The van der Waals surface area contributed by atoms with Crippen LogP contribution in [0.1, 0.15) is 51.6 Å². The number of ketones is 2. The molecule has 0 spiro atoms. The van der Waals surface area contributed by atoms with Crippen LogP contribution >= 0.6 is 0 Å². The number of nitrogens with zero attached hydrogens (tertiary/aromatic N) is 2. The Morgan fingerprint density at radius 1 is 0.969 bits per heavy atom. The Hall–Kier alpha value is -3.37. The van der Waals surface area contributed by atoms with Crippen LogP contribution in [0.5, 0.6) is 0 Å². The van der Waals surface area contributed by atoms with Gasteiger partial charge in [0, 0.05) is 29.7 Å². The van der Waals surface area contributed by atoms with Gasteiger partial charge in [-0.05, 0) is 68.4 Å². The van der Waals surface area contributed by atoms with Crippen molar-refractivity contribution in [1.82, 2.24) is 4.90 Å². The number of hydrogen-bond donors (Lipinski definition) is 0. The molecule has 0 aromatic heterocycles. The second-order valence-electron chi connectivity index (χ2n) is 8.62. The van der Waals surface area contributed by atoms with Gasteiger partial charge in [-0.2, -0.15) is 0 Å². The van der Waals surface area contributed by atoms with Crippen LogP contribution in [0.4, 0.5) is 0 Å². The summed E-state index contributed by atoms with van der Waals surface area (Å²) in [7, 11) is 4.03. The SMILES string of the molecule is CC(=O)c1cccc(C2=CC=C3C=NC(c4ccc(C(=O)CCCN(C)C)cc4)=CC32)c1. The van der Waals surface area contributed by atoms with Crippen LogP contribution in [-0.4, -0.2) is 43.3 Å². The molecule has 2 aliphatic rings. The normalized spacial score (nSPS) is 17.0. The zero-order valence-electron chi connectivity index (χ0n) is 18.8. The highest BCUT2D eigenvalue weighted by Gasteiger charge is 2.25. The van der Waals surface area contributed by atoms with Gasteiger partial charge in [0.25, 0.3) is 0 Å². The molecule has 4 heteroatoms. The van der Waals surface area contributed by atoms with Crippen LogP contribution in [0.25, 0.3) is 11.3 Å². The molecule has 1 aliphatic heterocycles. The standard InChI is InChI=1S/C28H28N2O2/c1-19(31)22-6-4-7-23(16-22)25-14-13-24-18-29-27(17-26(24)25)20-9-11-21(12-10-20)28(32)8-5-15-30(2)3/h4,6-7,9-14,16-18,26H,5,8,15H2,1-3H3. The Kier molecular flexibility index (Phi) is 6.42. The molecule has 1 unspecified atom stereocenters. The molecule has 0 fully saturated rings. The minimum absolute atomic E-state index is 0.0661. The van der Waals surface area contributed by atoms with E-state index in [1.807, 2.05) is 68.8 Å². The fourth-order valence-electron chi connectivity index (χ4n) is 4.12. The van der Waals surface area contributed by atoms with Crippen molar-refractivity contribution in [2.24, 2.45) is 10.9 Å². The van der Waals surface area contributed by atoms with Crippen LogP contribution in [0.2, 0.25) is 0 Å². The molecule has 1 heterocycles. The minimum atomic E-state index is 0.0661. The fourth-order valence-corrected chi connectivity index (χ4v) is 4.12. The molecule has 4 nitrogen and oxygen atoms in total. The third-order valence-electron chi connectivity index (χ3n) is 5.94. The van der Waals surface area contributed by atoms with Gasteiger partial charge < -0.3 is 4.90 Å². The van der Waals surface area contributed by atoms with E-state index in [2.05, 4.69) is 28.1 Å². The lowest BCUT2D eigenvalue weighted by atomic mass is 9.87. The molecule has 0 radical (unpaired) electrons. The van der Waals surface area contributed by atoms with E-state index < -0.39 is 0 Å². The third-order valence-corrected chi connectivity index (χ3v) is 5.94. The van der Waals surface area contributed by atoms with E-state index in [1.165, 1.54) is 5.57 Å². The Morgan fingerprint density at radius 3 is 2.47 bits per heavy atom. The zero-order valence-corrected chi connectivity index (χ0v) is 18.8. The van der Waals surface area contributed by atoms with Gasteiger partial charge in [0.05, 0.1) is 5.70 Å². The summed E-state index contributed by atoms with van der Waals surface area (Å²) >= 11 is 0. The molecular formula is C28H28N2O2. The highest BCUT2D eigenvalue weighted by Crippen LogP contribution is 2.39. The number of Topliss-reactive ketones (excluding diaryl/α,β-unsaturated/α-hetero) is 2. The minimum Gasteiger partial charge on any atom is -0.309 e. The molecule has 0 amide bonds. The molecular weight excluding hydrogens is 396 g/mol. The van der Waals surface area contributed by atoms with Gasteiger partial charge in [-0.15, -0.1) is 0 Å². The summed E-state index contributed by atoms with van der Waals surface area (Å²) < 4.78 is 0. The van der Waals surface area contributed by atoms with Gasteiger partial charge in [-0.3, -0.25) is 14.6 Å². The highest BCUT2D eigenvalue weighted by molar-refractivity contribution is 5.99. The van der Waals surface area contributed by atoms with Gasteiger partial charge >= 0.3 is 0 Å². The first-order chi connectivity index (χ1) is 15.4. The van der Waals surface area contributed by atoms with Crippen LogP contribution in [0, 0.1) is 5.92 Å². The average molecular weight is 425 g/mol. The molecule has 1 atom stereocenters. The first-order valence-electron chi connectivity index (χ1n) is 11.0. The van der Waals surface area contributed by atoms with Crippen molar-refractivity contribution in [3.05, 3.63) is 94.6 Å². The maximum atomic E-state index is 12.4. The number of rotatable bonds is 8. The molecule has 2 aromatic rings. The van der Waals surface area contributed by atoms with Crippen LogP contribution in [-0.2, 0) is 0 Å². The van der Waals surface area contributed by atoms with Crippen molar-refractivity contribution in [2.75, 3.05) is 20.6 Å². The van der Waals surface area contributed by atoms with Crippen LogP contribution in [0.15, 0.2) is 77.3 Å². The molecule has 4 rings (SSSR count). The maximum absolute atomic E-state index is 12.4.